The van der Waals surface area contributed by atoms with E-state index in [1.165, 1.54) is 47.8 Å². The molecule has 0 unspecified atom stereocenters. The molecule has 1 fully saturated rings. The van der Waals surface area contributed by atoms with Crippen LogP contribution in [0, 0.1) is 0 Å². The third-order valence-corrected chi connectivity index (χ3v) is 4.36. The molecule has 2 N–H and O–H groups in total. The monoisotopic (exact) mass is 227 g/mol. The molecule has 0 saturated heterocycles. The maximum Gasteiger partial charge on any atom is 0.0899 e. The van der Waals surface area contributed by atoms with Crippen molar-refractivity contribution in [3.8, 4) is 0 Å². The van der Waals surface area contributed by atoms with Gasteiger partial charge in [-0.1, -0.05) is 6.07 Å². The average molecular weight is 227 g/mol. The molecule has 4 rings (SSSR count). The lowest BCUT2D eigenvalue weighted by Gasteiger charge is -2.11. The van der Waals surface area contributed by atoms with Crippen LogP contribution in [-0.2, 0) is 18.4 Å². The molecular weight excluding hydrogens is 210 g/mol. The molecule has 2 heteroatoms. The number of fused-ring (bicyclic) bond motifs is 3. The number of hydrogen-bond donors (Lipinski definition) is 2. The summed E-state index contributed by atoms with van der Waals surface area (Å²) in [5.74, 6) is 0. The Morgan fingerprint density at radius 2 is 1.94 bits per heavy atom. The molecule has 1 heterocycles. The summed E-state index contributed by atoms with van der Waals surface area (Å²) in [6.45, 7) is 0. The molecule has 0 radical (unpaired) electrons. The predicted octanol–water partition coefficient (Wildman–Crippen LogP) is 3.03. The number of hydrogen-bond acceptors (Lipinski definition) is 1. The first-order valence-corrected chi connectivity index (χ1v) is 6.63. The summed E-state index contributed by atoms with van der Waals surface area (Å²) in [5, 5.41) is 11.5. The van der Waals surface area contributed by atoms with Crippen LogP contribution in [0.25, 0.3) is 10.9 Å². The molecule has 2 nitrogen and oxygen atoms in total. The molecule has 1 aromatic heterocycles. The highest BCUT2D eigenvalue weighted by Gasteiger charge is 2.42. The molecule has 0 bridgehead atoms. The minimum atomic E-state index is -0.507. The average Bonchev–Trinajstić information content (AvgIpc) is 3.00. The molecule has 1 aromatic carbocycles. The summed E-state index contributed by atoms with van der Waals surface area (Å²) in [7, 11) is 0. The number of aliphatic hydroxyl groups is 1. The fraction of sp³-hybridized carbons (Fsp3) is 0.467. The van der Waals surface area contributed by atoms with Crippen LogP contribution in [0.1, 0.15) is 42.5 Å². The zero-order chi connectivity index (χ0) is 11.5. The number of nitrogens with one attached hydrogen (secondary N) is 1. The highest BCUT2D eigenvalue weighted by molar-refractivity contribution is 5.86. The number of H-pyrrole nitrogens is 1. The van der Waals surface area contributed by atoms with Crippen LogP contribution in [0.5, 0.6) is 0 Å². The standard InChI is InChI=1S/C15H17NO/c17-15(7-8-15)10-5-6-14-12(9-10)11-3-1-2-4-13(11)16-14/h5-6,9,16-17H,1-4,7-8H2. The molecule has 0 spiro atoms. The fourth-order valence-corrected chi connectivity index (χ4v) is 3.10. The van der Waals surface area contributed by atoms with E-state index >= 15 is 0 Å². The second-order valence-electron chi connectivity index (χ2n) is 5.58. The normalized spacial score (nSPS) is 21.5. The lowest BCUT2D eigenvalue weighted by molar-refractivity contribution is 0.151. The largest absolute Gasteiger partial charge is 0.385 e. The van der Waals surface area contributed by atoms with Gasteiger partial charge in [-0.2, -0.15) is 0 Å². The van der Waals surface area contributed by atoms with E-state index in [4.69, 9.17) is 0 Å². The van der Waals surface area contributed by atoms with Crippen LogP contribution < -0.4 is 0 Å². The molecule has 17 heavy (non-hydrogen) atoms. The summed E-state index contributed by atoms with van der Waals surface area (Å²) < 4.78 is 0. The highest BCUT2D eigenvalue weighted by atomic mass is 16.3. The van der Waals surface area contributed by atoms with Crippen molar-refractivity contribution in [3.05, 3.63) is 35.0 Å². The first-order valence-electron chi connectivity index (χ1n) is 6.63. The van der Waals surface area contributed by atoms with E-state index in [0.717, 1.165) is 18.4 Å². The Balaban J connectivity index is 1.93. The zero-order valence-electron chi connectivity index (χ0n) is 9.92. The van der Waals surface area contributed by atoms with Gasteiger partial charge in [0.15, 0.2) is 0 Å². The Morgan fingerprint density at radius 3 is 2.76 bits per heavy atom. The Morgan fingerprint density at radius 1 is 1.12 bits per heavy atom. The number of aromatic amines is 1. The highest BCUT2D eigenvalue weighted by Crippen LogP contribution is 2.46. The Bertz CT molecular complexity index is 592. The van der Waals surface area contributed by atoms with Gasteiger partial charge in [0.25, 0.3) is 0 Å². The zero-order valence-corrected chi connectivity index (χ0v) is 9.92. The van der Waals surface area contributed by atoms with Crippen molar-refractivity contribution in [2.75, 3.05) is 0 Å². The molecule has 2 aromatic rings. The van der Waals surface area contributed by atoms with Crippen molar-refractivity contribution in [1.29, 1.82) is 0 Å². The third kappa shape index (κ3) is 1.37. The van der Waals surface area contributed by atoms with Crippen LogP contribution >= 0.6 is 0 Å². The fourth-order valence-electron chi connectivity index (χ4n) is 3.10. The molecule has 88 valence electrons. The van der Waals surface area contributed by atoms with E-state index in [-0.39, 0.29) is 0 Å². The number of benzene rings is 1. The van der Waals surface area contributed by atoms with Crippen LogP contribution in [-0.4, -0.2) is 10.1 Å². The van der Waals surface area contributed by atoms with Gasteiger partial charge in [0.2, 0.25) is 0 Å². The number of rotatable bonds is 1. The molecule has 2 aliphatic rings. The second-order valence-corrected chi connectivity index (χ2v) is 5.58. The summed E-state index contributed by atoms with van der Waals surface area (Å²) in [6, 6.07) is 6.43. The van der Waals surface area contributed by atoms with E-state index < -0.39 is 5.60 Å². The summed E-state index contributed by atoms with van der Waals surface area (Å²) in [4.78, 5) is 3.53. The molecule has 2 aliphatic carbocycles. The van der Waals surface area contributed by atoms with E-state index in [1.807, 2.05) is 0 Å². The summed E-state index contributed by atoms with van der Waals surface area (Å²) in [6.07, 6.45) is 6.82. The maximum atomic E-state index is 10.2. The van der Waals surface area contributed by atoms with Crippen molar-refractivity contribution in [3.63, 3.8) is 0 Å². The van der Waals surface area contributed by atoms with Crippen LogP contribution in [0.4, 0.5) is 0 Å². The number of aryl methyl sites for hydroxylation is 2. The SMILES string of the molecule is OC1(c2ccc3[nH]c4c(c3c2)CCCC4)CC1. The van der Waals surface area contributed by atoms with E-state index in [1.54, 1.807) is 0 Å². The first-order chi connectivity index (χ1) is 8.26. The Kier molecular flexibility index (Phi) is 1.79. The molecule has 1 saturated carbocycles. The quantitative estimate of drug-likeness (QED) is 0.771. The lowest BCUT2D eigenvalue weighted by atomic mass is 9.94. The van der Waals surface area contributed by atoms with Crippen molar-refractivity contribution in [2.45, 2.75) is 44.1 Å². The minimum Gasteiger partial charge on any atom is -0.385 e. The van der Waals surface area contributed by atoms with E-state index in [0.29, 0.717) is 0 Å². The number of aromatic nitrogens is 1. The van der Waals surface area contributed by atoms with Crippen LogP contribution in [0.15, 0.2) is 18.2 Å². The topological polar surface area (TPSA) is 36.0 Å². The summed E-state index contributed by atoms with van der Waals surface area (Å²) in [5.41, 5.74) is 4.76. The van der Waals surface area contributed by atoms with Crippen LogP contribution in [0.3, 0.4) is 0 Å². The molecule has 0 atom stereocenters. The van der Waals surface area contributed by atoms with Crippen LogP contribution in [0.2, 0.25) is 0 Å². The van der Waals surface area contributed by atoms with Crippen molar-refractivity contribution >= 4 is 10.9 Å². The van der Waals surface area contributed by atoms with Crippen molar-refractivity contribution in [2.24, 2.45) is 0 Å². The van der Waals surface area contributed by atoms with Gasteiger partial charge in [-0.25, -0.2) is 0 Å². The minimum absolute atomic E-state index is 0.507. The Hall–Kier alpha value is -1.28. The lowest BCUT2D eigenvalue weighted by Crippen LogP contribution is -2.04. The van der Waals surface area contributed by atoms with Crippen molar-refractivity contribution < 1.29 is 5.11 Å². The third-order valence-electron chi connectivity index (χ3n) is 4.36. The van der Waals surface area contributed by atoms with Gasteiger partial charge in [-0.3, -0.25) is 0 Å². The molecular formula is C15H17NO. The van der Waals surface area contributed by atoms with Gasteiger partial charge in [-0.05, 0) is 61.8 Å². The van der Waals surface area contributed by atoms with Gasteiger partial charge in [0, 0.05) is 16.6 Å². The van der Waals surface area contributed by atoms with E-state index in [9.17, 15) is 5.11 Å². The molecule has 0 amide bonds. The maximum absolute atomic E-state index is 10.2. The van der Waals surface area contributed by atoms with Gasteiger partial charge in [0.05, 0.1) is 5.60 Å². The van der Waals surface area contributed by atoms with Gasteiger partial charge in [-0.15, -0.1) is 0 Å². The van der Waals surface area contributed by atoms with Gasteiger partial charge >= 0.3 is 0 Å². The first kappa shape index (κ1) is 9.72. The molecule has 0 aliphatic heterocycles. The van der Waals surface area contributed by atoms with Gasteiger partial charge in [0.1, 0.15) is 0 Å². The smallest absolute Gasteiger partial charge is 0.0899 e. The van der Waals surface area contributed by atoms with Crippen molar-refractivity contribution in [1.82, 2.24) is 4.98 Å². The Labute approximate surface area is 101 Å². The van der Waals surface area contributed by atoms with Gasteiger partial charge < -0.3 is 10.1 Å². The second kappa shape index (κ2) is 3.14. The predicted molar refractivity (Wildman–Crippen MR) is 68.1 cm³/mol. The van der Waals surface area contributed by atoms with E-state index in [2.05, 4.69) is 23.2 Å². The summed E-state index contributed by atoms with van der Waals surface area (Å²) >= 11 is 0.